The Bertz CT molecular complexity index is 94.6. The van der Waals surface area contributed by atoms with Gasteiger partial charge in [0.15, 0.2) is 0 Å². The van der Waals surface area contributed by atoms with Crippen molar-refractivity contribution in [3.8, 4) is 0 Å². The third-order valence-corrected chi connectivity index (χ3v) is 1.28. The first-order chi connectivity index (χ1) is 4.16. The summed E-state index contributed by atoms with van der Waals surface area (Å²) in [6.07, 6.45) is -0.0825. The Labute approximate surface area is 54.4 Å². The third-order valence-electron chi connectivity index (χ3n) is 0.870. The van der Waals surface area contributed by atoms with Gasteiger partial charge in [0.25, 0.3) is 0 Å². The molecule has 0 aromatic heterocycles. The fourth-order valence-corrected chi connectivity index (χ4v) is 0.620. The summed E-state index contributed by atoms with van der Waals surface area (Å²) in [6, 6.07) is 0. The molecule has 0 aliphatic carbocycles. The molecule has 0 spiro atoms. The average Bonchev–Trinajstić information content (AvgIpc) is 1.83. The van der Waals surface area contributed by atoms with E-state index in [0.29, 0.717) is 6.42 Å². The van der Waals surface area contributed by atoms with Crippen LogP contribution < -0.4 is 0 Å². The van der Waals surface area contributed by atoms with Gasteiger partial charge < -0.3 is 14.5 Å². The summed E-state index contributed by atoms with van der Waals surface area (Å²) in [4.78, 5) is 8.11. The number of rotatable bonds is 4. The van der Waals surface area contributed by atoms with Gasteiger partial charge in [0.1, 0.15) is 0 Å². The van der Waals surface area contributed by atoms with E-state index in [4.69, 9.17) is 10.00 Å². The van der Waals surface area contributed by atoms with Crippen LogP contribution in [-0.4, -0.2) is 22.7 Å². The maximum atomic E-state index is 9.87. The maximum Gasteiger partial charge on any atom is 0.316 e. The molecule has 0 saturated carbocycles. The number of hydrogen-bond acceptors (Lipinski definition) is 3. The highest BCUT2D eigenvalue weighted by atomic mass is 31.1. The average molecular weight is 154 g/mol. The molecule has 9 heavy (non-hydrogen) atoms. The summed E-state index contributed by atoms with van der Waals surface area (Å²) < 4.78 is 14.1. The Morgan fingerprint density at radius 1 is 1.78 bits per heavy atom. The fraction of sp³-hybridized carbons (Fsp3) is 1.00. The van der Waals surface area contributed by atoms with E-state index in [1.54, 1.807) is 6.92 Å². The highest BCUT2D eigenvalue weighted by molar-refractivity contribution is 7.32. The van der Waals surface area contributed by atoms with Crippen molar-refractivity contribution in [2.24, 2.45) is 0 Å². The lowest BCUT2D eigenvalue weighted by atomic mass is 10.3. The van der Waals surface area contributed by atoms with Crippen molar-refractivity contribution in [3.63, 3.8) is 0 Å². The minimum absolute atomic E-state index is 0.0508. The van der Waals surface area contributed by atoms with E-state index < -0.39 is 14.4 Å². The van der Waals surface area contributed by atoms with Gasteiger partial charge in [-0.1, -0.05) is 6.92 Å². The summed E-state index contributed by atoms with van der Waals surface area (Å²) in [5, 5.41) is 8.75. The predicted octanol–water partition coefficient (Wildman–Crippen LogP) is 0.156. The zero-order valence-electron chi connectivity index (χ0n) is 5.20. The number of aliphatic hydroxyl groups is 1. The lowest BCUT2D eigenvalue weighted by molar-refractivity contribution is 0.102. The van der Waals surface area contributed by atoms with Crippen molar-refractivity contribution in [3.05, 3.63) is 0 Å². The molecule has 0 radical (unpaired) electrons. The number of hydrogen-bond donors (Lipinski definition) is 2. The largest absolute Gasteiger partial charge is 0.391 e. The van der Waals surface area contributed by atoms with E-state index in [2.05, 4.69) is 4.52 Å². The Morgan fingerprint density at radius 3 is 2.67 bits per heavy atom. The van der Waals surface area contributed by atoms with Crippen molar-refractivity contribution in [1.29, 1.82) is 0 Å². The minimum atomic E-state index is -2.85. The monoisotopic (exact) mass is 154 g/mol. The Kier molecular flexibility index (Phi) is 5.00. The molecule has 2 atom stereocenters. The molecule has 2 N–H and O–H groups in total. The van der Waals surface area contributed by atoms with Gasteiger partial charge in [0.05, 0.1) is 12.7 Å². The summed E-state index contributed by atoms with van der Waals surface area (Å²) in [7, 11) is -2.85. The summed E-state index contributed by atoms with van der Waals surface area (Å²) in [6.45, 7) is 1.72. The molecule has 0 aromatic carbocycles. The van der Waals surface area contributed by atoms with Crippen molar-refractivity contribution < 1.29 is 19.1 Å². The standard InChI is InChI=1S/C4H11O4P/c1-2-4(5)3-8-9(6)7/h4-5,9H,2-3H2,1H3,(H,6,7). The normalized spacial score (nSPS) is 17.2. The first-order valence-corrected chi connectivity index (χ1v) is 3.97. The smallest absolute Gasteiger partial charge is 0.316 e. The first-order valence-electron chi connectivity index (χ1n) is 2.70. The van der Waals surface area contributed by atoms with Crippen LogP contribution in [0, 0.1) is 0 Å². The van der Waals surface area contributed by atoms with E-state index in [1.165, 1.54) is 0 Å². The minimum Gasteiger partial charge on any atom is -0.391 e. The molecule has 2 unspecified atom stereocenters. The van der Waals surface area contributed by atoms with Gasteiger partial charge in [-0.05, 0) is 6.42 Å². The van der Waals surface area contributed by atoms with Crippen LogP contribution in [0.4, 0.5) is 0 Å². The van der Waals surface area contributed by atoms with E-state index in [1.807, 2.05) is 0 Å². The molecule has 0 bridgehead atoms. The third kappa shape index (κ3) is 5.99. The van der Waals surface area contributed by atoms with Crippen LogP contribution in [0.5, 0.6) is 0 Å². The zero-order valence-corrected chi connectivity index (χ0v) is 6.20. The van der Waals surface area contributed by atoms with Crippen LogP contribution in [0.15, 0.2) is 0 Å². The molecule has 56 valence electrons. The molecule has 0 fully saturated rings. The second-order valence-electron chi connectivity index (χ2n) is 1.64. The second kappa shape index (κ2) is 4.94. The molecule has 5 heteroatoms. The lowest BCUT2D eigenvalue weighted by Crippen LogP contribution is -2.10. The van der Waals surface area contributed by atoms with Crippen molar-refractivity contribution in [1.82, 2.24) is 0 Å². The molecule has 0 amide bonds. The van der Waals surface area contributed by atoms with Gasteiger partial charge in [0.2, 0.25) is 0 Å². The SMILES string of the molecule is CCC(O)CO[PH](=O)O. The lowest BCUT2D eigenvalue weighted by Gasteiger charge is -2.04. The van der Waals surface area contributed by atoms with Crippen LogP contribution in [0.25, 0.3) is 0 Å². The summed E-state index contributed by atoms with van der Waals surface area (Å²) in [5.41, 5.74) is 0. The van der Waals surface area contributed by atoms with Crippen LogP contribution >= 0.6 is 8.25 Å². The van der Waals surface area contributed by atoms with Gasteiger partial charge in [-0.2, -0.15) is 0 Å². The first kappa shape index (κ1) is 9.11. The van der Waals surface area contributed by atoms with Gasteiger partial charge in [-0.15, -0.1) is 0 Å². The van der Waals surface area contributed by atoms with E-state index in [-0.39, 0.29) is 6.61 Å². The Morgan fingerprint density at radius 2 is 2.33 bits per heavy atom. The second-order valence-corrected chi connectivity index (χ2v) is 2.46. The number of aliphatic hydroxyl groups excluding tert-OH is 1. The van der Waals surface area contributed by atoms with Crippen molar-refractivity contribution in [2.45, 2.75) is 19.4 Å². The zero-order chi connectivity index (χ0) is 7.28. The maximum absolute atomic E-state index is 9.87. The topological polar surface area (TPSA) is 66.8 Å². The summed E-state index contributed by atoms with van der Waals surface area (Å²) >= 11 is 0. The van der Waals surface area contributed by atoms with Crippen LogP contribution in [-0.2, 0) is 9.09 Å². The van der Waals surface area contributed by atoms with E-state index >= 15 is 0 Å². The van der Waals surface area contributed by atoms with Crippen LogP contribution in [0.3, 0.4) is 0 Å². The van der Waals surface area contributed by atoms with Gasteiger partial charge in [-0.3, -0.25) is 4.57 Å². The van der Waals surface area contributed by atoms with E-state index in [0.717, 1.165) is 0 Å². The summed E-state index contributed by atoms with van der Waals surface area (Å²) in [5.74, 6) is 0. The highest BCUT2D eigenvalue weighted by Gasteiger charge is 2.00. The molecule has 0 rings (SSSR count). The van der Waals surface area contributed by atoms with Gasteiger partial charge in [0, 0.05) is 0 Å². The predicted molar refractivity (Wildman–Crippen MR) is 33.5 cm³/mol. The highest BCUT2D eigenvalue weighted by Crippen LogP contribution is 2.14. The molecular formula is C4H11O4P. The molecule has 4 nitrogen and oxygen atoms in total. The van der Waals surface area contributed by atoms with Gasteiger partial charge >= 0.3 is 8.25 Å². The van der Waals surface area contributed by atoms with E-state index in [9.17, 15) is 4.57 Å². The van der Waals surface area contributed by atoms with Gasteiger partial charge in [-0.25, -0.2) is 0 Å². The molecule has 0 saturated heterocycles. The Balaban J connectivity index is 3.16. The van der Waals surface area contributed by atoms with Crippen LogP contribution in [0.1, 0.15) is 13.3 Å². The molecule has 0 heterocycles. The fourth-order valence-electron chi connectivity index (χ4n) is 0.285. The Hall–Kier alpha value is 0.110. The molecular weight excluding hydrogens is 143 g/mol. The van der Waals surface area contributed by atoms with Crippen LogP contribution in [0.2, 0.25) is 0 Å². The molecule has 0 aliphatic rings. The molecule has 0 aliphatic heterocycles. The van der Waals surface area contributed by atoms with Crippen molar-refractivity contribution >= 4 is 8.25 Å². The van der Waals surface area contributed by atoms with Crippen molar-refractivity contribution in [2.75, 3.05) is 6.61 Å². The molecule has 0 aromatic rings. The quantitative estimate of drug-likeness (QED) is 0.566.